The number of hydrogen-bond acceptors (Lipinski definition) is 2. The van der Waals surface area contributed by atoms with Gasteiger partial charge in [-0.25, -0.2) is 0 Å². The third kappa shape index (κ3) is 5.20. The Kier molecular flexibility index (Phi) is 6.01. The fraction of sp³-hybridized carbons (Fsp3) is 0.846. The normalized spacial score (nSPS) is 24.3. The van der Waals surface area contributed by atoms with E-state index in [9.17, 15) is 9.59 Å². The van der Waals surface area contributed by atoms with Crippen LogP contribution < -0.4 is 5.32 Å². The van der Waals surface area contributed by atoms with Crippen molar-refractivity contribution < 1.29 is 14.7 Å². The van der Waals surface area contributed by atoms with Gasteiger partial charge in [0.1, 0.15) is 0 Å². The van der Waals surface area contributed by atoms with Gasteiger partial charge in [0.25, 0.3) is 0 Å². The number of hydrogen-bond donors (Lipinski definition) is 2. The minimum absolute atomic E-state index is 0.132. The molecule has 1 aliphatic carbocycles. The Morgan fingerprint density at radius 1 is 1.24 bits per heavy atom. The minimum atomic E-state index is -0.671. The van der Waals surface area contributed by atoms with Crippen LogP contribution in [0.1, 0.15) is 51.9 Å². The van der Waals surface area contributed by atoms with E-state index in [0.717, 1.165) is 45.1 Å². The maximum atomic E-state index is 11.4. The molecule has 1 aliphatic rings. The minimum Gasteiger partial charge on any atom is -0.481 e. The first-order valence-electron chi connectivity index (χ1n) is 6.63. The summed E-state index contributed by atoms with van der Waals surface area (Å²) in [5.41, 5.74) is 0. The monoisotopic (exact) mass is 241 g/mol. The van der Waals surface area contributed by atoms with Crippen molar-refractivity contribution in [2.45, 2.75) is 51.9 Å². The molecular weight excluding hydrogens is 218 g/mol. The second kappa shape index (κ2) is 7.30. The summed E-state index contributed by atoms with van der Waals surface area (Å²) in [4.78, 5) is 22.2. The van der Waals surface area contributed by atoms with Gasteiger partial charge in [0.15, 0.2) is 0 Å². The van der Waals surface area contributed by atoms with Gasteiger partial charge in [-0.05, 0) is 38.0 Å². The zero-order valence-electron chi connectivity index (χ0n) is 10.6. The fourth-order valence-electron chi connectivity index (χ4n) is 2.30. The van der Waals surface area contributed by atoms with E-state index in [1.165, 1.54) is 0 Å². The number of amides is 1. The number of nitrogens with one attached hydrogen (secondary N) is 1. The molecule has 1 fully saturated rings. The Labute approximate surface area is 103 Å². The number of carbonyl (C=O) groups is 2. The van der Waals surface area contributed by atoms with Crippen LogP contribution in [0.25, 0.3) is 0 Å². The highest BCUT2D eigenvalue weighted by molar-refractivity contribution is 5.75. The van der Waals surface area contributed by atoms with E-state index in [-0.39, 0.29) is 11.8 Å². The van der Waals surface area contributed by atoms with Crippen molar-refractivity contribution in [1.29, 1.82) is 0 Å². The van der Waals surface area contributed by atoms with Crippen LogP contribution in [-0.2, 0) is 9.59 Å². The molecule has 0 atom stereocenters. The Balaban J connectivity index is 2.14. The van der Waals surface area contributed by atoms with Gasteiger partial charge in [-0.3, -0.25) is 9.59 Å². The molecule has 2 N–H and O–H groups in total. The number of carboxylic acid groups (broad SMARTS) is 1. The van der Waals surface area contributed by atoms with Crippen LogP contribution in [0.3, 0.4) is 0 Å². The molecule has 1 saturated carbocycles. The van der Waals surface area contributed by atoms with Crippen LogP contribution in [0.4, 0.5) is 0 Å². The summed E-state index contributed by atoms with van der Waals surface area (Å²) in [7, 11) is 0. The summed E-state index contributed by atoms with van der Waals surface area (Å²) in [6.07, 6.45) is 5.95. The van der Waals surface area contributed by atoms with Gasteiger partial charge in [-0.15, -0.1) is 0 Å². The second-order valence-corrected chi connectivity index (χ2v) is 4.96. The van der Waals surface area contributed by atoms with Crippen molar-refractivity contribution in [1.82, 2.24) is 5.32 Å². The number of rotatable bonds is 6. The molecule has 4 nitrogen and oxygen atoms in total. The van der Waals surface area contributed by atoms with E-state index in [1.54, 1.807) is 0 Å². The van der Waals surface area contributed by atoms with Crippen molar-refractivity contribution in [2.24, 2.45) is 11.8 Å². The molecule has 0 spiro atoms. The maximum Gasteiger partial charge on any atom is 0.306 e. The highest BCUT2D eigenvalue weighted by atomic mass is 16.4. The lowest BCUT2D eigenvalue weighted by molar-refractivity contribution is -0.143. The fourth-order valence-corrected chi connectivity index (χ4v) is 2.30. The van der Waals surface area contributed by atoms with Crippen LogP contribution in [0.2, 0.25) is 0 Å². The molecule has 0 aromatic heterocycles. The van der Waals surface area contributed by atoms with Crippen LogP contribution in [0, 0.1) is 11.8 Å². The molecule has 0 unspecified atom stereocenters. The summed E-state index contributed by atoms with van der Waals surface area (Å²) in [6, 6.07) is 0. The first-order chi connectivity index (χ1) is 8.13. The predicted molar refractivity (Wildman–Crippen MR) is 65.6 cm³/mol. The topological polar surface area (TPSA) is 66.4 Å². The first-order valence-corrected chi connectivity index (χ1v) is 6.63. The first kappa shape index (κ1) is 14.0. The second-order valence-electron chi connectivity index (χ2n) is 4.96. The molecule has 17 heavy (non-hydrogen) atoms. The van der Waals surface area contributed by atoms with E-state index < -0.39 is 5.97 Å². The van der Waals surface area contributed by atoms with Crippen molar-refractivity contribution in [3.05, 3.63) is 0 Å². The number of aliphatic carboxylic acids is 1. The lowest BCUT2D eigenvalue weighted by Crippen LogP contribution is -2.32. The van der Waals surface area contributed by atoms with E-state index >= 15 is 0 Å². The summed E-state index contributed by atoms with van der Waals surface area (Å²) in [5, 5.41) is 11.8. The Morgan fingerprint density at radius 3 is 2.41 bits per heavy atom. The molecule has 4 heteroatoms. The van der Waals surface area contributed by atoms with Crippen molar-refractivity contribution >= 4 is 11.9 Å². The zero-order valence-corrected chi connectivity index (χ0v) is 10.6. The lowest BCUT2D eigenvalue weighted by atomic mass is 9.82. The van der Waals surface area contributed by atoms with Gasteiger partial charge < -0.3 is 10.4 Å². The molecule has 1 rings (SSSR count). The molecular formula is C13H23NO3. The van der Waals surface area contributed by atoms with Gasteiger partial charge in [0, 0.05) is 13.0 Å². The van der Waals surface area contributed by atoms with Gasteiger partial charge >= 0.3 is 5.97 Å². The highest BCUT2D eigenvalue weighted by Gasteiger charge is 2.25. The summed E-state index contributed by atoms with van der Waals surface area (Å²) < 4.78 is 0. The molecule has 0 heterocycles. The smallest absolute Gasteiger partial charge is 0.306 e. The van der Waals surface area contributed by atoms with Crippen molar-refractivity contribution in [3.8, 4) is 0 Å². The maximum absolute atomic E-state index is 11.4. The molecule has 0 saturated heterocycles. The van der Waals surface area contributed by atoms with Crippen LogP contribution >= 0.6 is 0 Å². The molecule has 0 aromatic rings. The van der Waals surface area contributed by atoms with Gasteiger partial charge in [0.05, 0.1) is 5.92 Å². The summed E-state index contributed by atoms with van der Waals surface area (Å²) >= 11 is 0. The molecule has 1 amide bonds. The lowest BCUT2D eigenvalue weighted by Gasteiger charge is -2.26. The van der Waals surface area contributed by atoms with Crippen molar-refractivity contribution in [3.63, 3.8) is 0 Å². The Hall–Kier alpha value is -1.06. The Bertz CT molecular complexity index is 257. The standard InChI is InChI=1S/C13H23NO3/c1-2-3-4-12(15)14-9-10-5-7-11(8-6-10)13(16)17/h10-11H,2-9H2,1H3,(H,14,15)(H,16,17)/t10-,11-. The van der Waals surface area contributed by atoms with Gasteiger partial charge in [-0.2, -0.15) is 0 Å². The summed E-state index contributed by atoms with van der Waals surface area (Å²) in [6.45, 7) is 2.79. The summed E-state index contributed by atoms with van der Waals surface area (Å²) in [5.74, 6) is -0.235. The quantitative estimate of drug-likeness (QED) is 0.749. The molecule has 0 radical (unpaired) electrons. The molecule has 0 aliphatic heterocycles. The third-order valence-corrected chi connectivity index (χ3v) is 3.54. The van der Waals surface area contributed by atoms with E-state index in [4.69, 9.17) is 5.11 Å². The SMILES string of the molecule is CCCCC(=O)NC[C@H]1CC[C@H](C(=O)O)CC1. The molecule has 0 bridgehead atoms. The predicted octanol–water partition coefficient (Wildman–Crippen LogP) is 2.18. The van der Waals surface area contributed by atoms with Gasteiger partial charge in [0.2, 0.25) is 5.91 Å². The van der Waals surface area contributed by atoms with Crippen LogP contribution in [0.5, 0.6) is 0 Å². The van der Waals surface area contributed by atoms with Crippen LogP contribution in [0.15, 0.2) is 0 Å². The van der Waals surface area contributed by atoms with Crippen molar-refractivity contribution in [2.75, 3.05) is 6.54 Å². The molecule has 98 valence electrons. The largest absolute Gasteiger partial charge is 0.481 e. The molecule has 0 aromatic carbocycles. The Morgan fingerprint density at radius 2 is 1.88 bits per heavy atom. The average molecular weight is 241 g/mol. The third-order valence-electron chi connectivity index (χ3n) is 3.54. The highest BCUT2D eigenvalue weighted by Crippen LogP contribution is 2.28. The number of unbranched alkanes of at least 4 members (excludes halogenated alkanes) is 1. The average Bonchev–Trinajstić information content (AvgIpc) is 2.34. The van der Waals surface area contributed by atoms with Crippen LogP contribution in [-0.4, -0.2) is 23.5 Å². The zero-order chi connectivity index (χ0) is 12.7. The number of carbonyl (C=O) groups excluding carboxylic acids is 1. The number of carboxylic acids is 1. The van der Waals surface area contributed by atoms with E-state index in [2.05, 4.69) is 12.2 Å². The van der Waals surface area contributed by atoms with Gasteiger partial charge in [-0.1, -0.05) is 13.3 Å². The van der Waals surface area contributed by atoms with E-state index in [0.29, 0.717) is 12.3 Å². The van der Waals surface area contributed by atoms with E-state index in [1.807, 2.05) is 0 Å².